The molecule has 1 N–H and O–H groups in total. The molecule has 0 bridgehead atoms. The van der Waals surface area contributed by atoms with Crippen LogP contribution >= 0.6 is 15.9 Å². The molecule has 2 aromatic carbocycles. The molecule has 0 aliphatic carbocycles. The number of benzene rings is 2. The molecule has 0 saturated carbocycles. The minimum absolute atomic E-state index is 0.0249. The highest BCUT2D eigenvalue weighted by Crippen LogP contribution is 2.21. The van der Waals surface area contributed by atoms with Gasteiger partial charge in [-0.05, 0) is 12.1 Å². The van der Waals surface area contributed by atoms with E-state index in [1.165, 1.54) is 12.1 Å². The first kappa shape index (κ1) is 13.4. The monoisotopic (exact) mass is 317 g/mol. The zero-order valence-corrected chi connectivity index (χ0v) is 11.4. The van der Waals surface area contributed by atoms with Gasteiger partial charge in [-0.15, -0.1) is 0 Å². The molecule has 0 atom stereocenters. The lowest BCUT2D eigenvalue weighted by atomic mass is 10.1. The van der Waals surface area contributed by atoms with E-state index in [2.05, 4.69) is 15.9 Å². The van der Waals surface area contributed by atoms with Crippen molar-refractivity contribution in [2.75, 3.05) is 0 Å². The van der Waals surface area contributed by atoms with Crippen molar-refractivity contribution in [1.82, 2.24) is 0 Å². The van der Waals surface area contributed by atoms with E-state index in [1.54, 1.807) is 30.3 Å². The predicted octanol–water partition coefficient (Wildman–Crippen LogP) is 3.30. The Morgan fingerprint density at radius 3 is 2.53 bits per heavy atom. The van der Waals surface area contributed by atoms with E-state index >= 15 is 0 Å². The van der Waals surface area contributed by atoms with Gasteiger partial charge in [0, 0.05) is 21.7 Å². The summed E-state index contributed by atoms with van der Waals surface area (Å²) in [5, 5.41) is 21.4. The van der Waals surface area contributed by atoms with Crippen molar-refractivity contribution in [3.63, 3.8) is 0 Å². The quantitative estimate of drug-likeness (QED) is 0.536. The highest BCUT2D eigenvalue weighted by atomic mass is 79.9. The van der Waals surface area contributed by atoms with Crippen molar-refractivity contribution in [3.8, 4) is 5.75 Å². The summed E-state index contributed by atoms with van der Waals surface area (Å²) in [5.41, 5.74) is 0.551. The second-order valence-corrected chi connectivity index (χ2v) is 4.82. The zero-order valence-electron chi connectivity index (χ0n) is 9.84. The smallest absolute Gasteiger partial charge is 0.188 e. The molecule has 2 aromatic rings. The minimum atomic E-state index is -0.521. The summed E-state index contributed by atoms with van der Waals surface area (Å²) < 4.78 is 0.642. The Kier molecular flexibility index (Phi) is 4.02. The number of rotatable bonds is 3. The number of aliphatic hydroxyl groups excluding tert-OH is 1. The first-order chi connectivity index (χ1) is 9.08. The largest absolute Gasteiger partial charge is 0.872 e. The van der Waals surface area contributed by atoms with E-state index in [0.29, 0.717) is 10.0 Å². The lowest BCUT2D eigenvalue weighted by Gasteiger charge is -2.11. The van der Waals surface area contributed by atoms with Crippen LogP contribution in [0.25, 0.3) is 5.76 Å². The van der Waals surface area contributed by atoms with Gasteiger partial charge in [-0.1, -0.05) is 58.1 Å². The Morgan fingerprint density at radius 1 is 1.16 bits per heavy atom. The van der Waals surface area contributed by atoms with Crippen LogP contribution in [0.15, 0.2) is 59.1 Å². The normalized spacial score (nSPS) is 11.3. The van der Waals surface area contributed by atoms with Crippen LogP contribution in [0.1, 0.15) is 15.9 Å². The Bertz CT molecular complexity index is 633. The predicted molar refractivity (Wildman–Crippen MR) is 75.0 cm³/mol. The van der Waals surface area contributed by atoms with Gasteiger partial charge >= 0.3 is 0 Å². The van der Waals surface area contributed by atoms with Gasteiger partial charge in [0.15, 0.2) is 5.78 Å². The van der Waals surface area contributed by atoms with Gasteiger partial charge in [-0.25, -0.2) is 0 Å². The fourth-order valence-electron chi connectivity index (χ4n) is 1.59. The molecular formula is C15H10BrO3-. The second kappa shape index (κ2) is 5.71. The molecule has 0 aliphatic heterocycles. The molecule has 0 aliphatic rings. The summed E-state index contributed by atoms with van der Waals surface area (Å²) in [6.07, 6.45) is 1.05. The molecule has 2 rings (SSSR count). The number of carbonyl (C=O) groups excluding carboxylic acids is 1. The lowest BCUT2D eigenvalue weighted by Crippen LogP contribution is -2.03. The van der Waals surface area contributed by atoms with Crippen LogP contribution in [0.5, 0.6) is 5.75 Å². The summed E-state index contributed by atoms with van der Waals surface area (Å²) in [6.45, 7) is 0. The van der Waals surface area contributed by atoms with Crippen LogP contribution in [0.4, 0.5) is 0 Å². The summed E-state index contributed by atoms with van der Waals surface area (Å²) in [7, 11) is 0. The Labute approximate surface area is 119 Å². The molecule has 0 heterocycles. The van der Waals surface area contributed by atoms with Crippen LogP contribution in [-0.2, 0) is 0 Å². The topological polar surface area (TPSA) is 60.4 Å². The molecule has 0 aromatic heterocycles. The fraction of sp³-hybridized carbons (Fsp3) is 0. The fourth-order valence-corrected chi connectivity index (χ4v) is 1.95. The van der Waals surface area contributed by atoms with Crippen molar-refractivity contribution < 1.29 is 15.0 Å². The number of hydrogen-bond donors (Lipinski definition) is 1. The molecule has 0 saturated heterocycles. The van der Waals surface area contributed by atoms with Crippen molar-refractivity contribution >= 4 is 27.5 Å². The van der Waals surface area contributed by atoms with Gasteiger partial charge in [-0.3, -0.25) is 4.79 Å². The third kappa shape index (κ3) is 3.23. The zero-order chi connectivity index (χ0) is 13.8. The van der Waals surface area contributed by atoms with E-state index in [-0.39, 0.29) is 17.1 Å². The lowest BCUT2D eigenvalue weighted by molar-refractivity contribution is -0.268. The second-order valence-electron chi connectivity index (χ2n) is 3.90. The van der Waals surface area contributed by atoms with Crippen molar-refractivity contribution in [1.29, 1.82) is 0 Å². The maximum atomic E-state index is 11.9. The molecule has 0 spiro atoms. The number of ketones is 1. The van der Waals surface area contributed by atoms with Gasteiger partial charge < -0.3 is 10.2 Å². The van der Waals surface area contributed by atoms with Gasteiger partial charge in [0.05, 0.1) is 0 Å². The van der Waals surface area contributed by atoms with E-state index < -0.39 is 5.78 Å². The molecular weight excluding hydrogens is 308 g/mol. The number of allylic oxidation sites excluding steroid dienone is 1. The van der Waals surface area contributed by atoms with Gasteiger partial charge in [0.25, 0.3) is 0 Å². The molecule has 0 unspecified atom stereocenters. The van der Waals surface area contributed by atoms with E-state index in [0.717, 1.165) is 6.08 Å². The van der Waals surface area contributed by atoms with Crippen LogP contribution in [0.2, 0.25) is 0 Å². The summed E-state index contributed by atoms with van der Waals surface area (Å²) in [5.74, 6) is -1.05. The summed E-state index contributed by atoms with van der Waals surface area (Å²) in [6, 6.07) is 13.0. The Morgan fingerprint density at radius 2 is 1.84 bits per heavy atom. The van der Waals surface area contributed by atoms with Crippen LogP contribution in [0.3, 0.4) is 0 Å². The standard InChI is InChI=1S/C15H11BrO3/c16-11-6-7-13(17)12(8-11)15(19)9-14(18)10-4-2-1-3-5-10/h1-9,17-18H/p-1/b14-9+. The van der Waals surface area contributed by atoms with Gasteiger partial charge in [0.2, 0.25) is 0 Å². The SMILES string of the molecule is O=C(/C=C(/O)c1ccccc1)c1cc(Br)ccc1[O-]. The van der Waals surface area contributed by atoms with E-state index in [1.807, 2.05) is 6.07 Å². The first-order valence-electron chi connectivity index (χ1n) is 5.55. The van der Waals surface area contributed by atoms with E-state index in [9.17, 15) is 15.0 Å². The average molecular weight is 318 g/mol. The van der Waals surface area contributed by atoms with Crippen LogP contribution < -0.4 is 5.11 Å². The van der Waals surface area contributed by atoms with Gasteiger partial charge in [0.1, 0.15) is 5.76 Å². The first-order valence-corrected chi connectivity index (χ1v) is 6.34. The third-order valence-electron chi connectivity index (χ3n) is 2.54. The average Bonchev–Trinajstić information content (AvgIpc) is 2.42. The Balaban J connectivity index is 2.33. The molecule has 19 heavy (non-hydrogen) atoms. The number of carbonyl (C=O) groups is 1. The van der Waals surface area contributed by atoms with Crippen LogP contribution in [-0.4, -0.2) is 10.9 Å². The maximum absolute atomic E-state index is 11.9. The molecule has 0 radical (unpaired) electrons. The molecule has 4 heteroatoms. The minimum Gasteiger partial charge on any atom is -0.872 e. The maximum Gasteiger partial charge on any atom is 0.188 e. The molecule has 96 valence electrons. The molecule has 0 fully saturated rings. The van der Waals surface area contributed by atoms with Crippen molar-refractivity contribution in [3.05, 3.63) is 70.2 Å². The van der Waals surface area contributed by atoms with Crippen LogP contribution in [0, 0.1) is 0 Å². The molecule has 0 amide bonds. The van der Waals surface area contributed by atoms with Gasteiger partial charge in [-0.2, -0.15) is 0 Å². The number of hydrogen-bond acceptors (Lipinski definition) is 3. The molecule has 3 nitrogen and oxygen atoms in total. The highest BCUT2D eigenvalue weighted by Gasteiger charge is 2.07. The number of aliphatic hydroxyl groups is 1. The van der Waals surface area contributed by atoms with E-state index in [4.69, 9.17) is 0 Å². The summed E-state index contributed by atoms with van der Waals surface area (Å²) >= 11 is 3.20. The highest BCUT2D eigenvalue weighted by molar-refractivity contribution is 9.10. The third-order valence-corrected chi connectivity index (χ3v) is 3.04. The summed E-state index contributed by atoms with van der Waals surface area (Å²) in [4.78, 5) is 11.9. The van der Waals surface area contributed by atoms with Crippen molar-refractivity contribution in [2.24, 2.45) is 0 Å². The Hall–Kier alpha value is -2.07. The van der Waals surface area contributed by atoms with Crippen molar-refractivity contribution in [2.45, 2.75) is 0 Å². The number of halogens is 1.